The second kappa shape index (κ2) is 9.75. The number of amides is 1. The fraction of sp³-hybridized carbons (Fsp3) is 0.450. The number of aromatic nitrogens is 2. The molecule has 1 heterocycles. The first-order valence-corrected chi connectivity index (χ1v) is 9.27. The third-order valence-electron chi connectivity index (χ3n) is 4.02. The number of nitrogens with zero attached hydrogens (tertiary/aromatic N) is 4. The van der Waals surface area contributed by atoms with E-state index in [1.54, 1.807) is 0 Å². The van der Waals surface area contributed by atoms with Gasteiger partial charge in [-0.05, 0) is 25.0 Å². The fourth-order valence-corrected chi connectivity index (χ4v) is 2.83. The smallest absolute Gasteiger partial charge is 0.246 e. The highest BCUT2D eigenvalue weighted by atomic mass is 16.1. The van der Waals surface area contributed by atoms with Crippen LogP contribution in [0.5, 0.6) is 0 Å². The number of nitrogens with one attached hydrogen (secondary N) is 2. The number of aryl methyl sites for hydroxylation is 1. The first-order chi connectivity index (χ1) is 12.9. The largest absolute Gasteiger partial charge is 0.357 e. The van der Waals surface area contributed by atoms with E-state index >= 15 is 0 Å². The van der Waals surface area contributed by atoms with Crippen LogP contribution in [-0.2, 0) is 18.4 Å². The second-order valence-electron chi connectivity index (χ2n) is 6.81. The Labute approximate surface area is 161 Å². The molecule has 0 spiro atoms. The van der Waals surface area contributed by atoms with E-state index in [4.69, 9.17) is 0 Å². The lowest BCUT2D eigenvalue weighted by Gasteiger charge is -2.22. The second-order valence-corrected chi connectivity index (χ2v) is 6.81. The Hall–Kier alpha value is -2.83. The summed E-state index contributed by atoms with van der Waals surface area (Å²) in [7, 11) is 3.90. The van der Waals surface area contributed by atoms with Gasteiger partial charge in [-0.15, -0.1) is 0 Å². The van der Waals surface area contributed by atoms with Crippen molar-refractivity contribution in [1.82, 2.24) is 20.0 Å². The molecule has 0 saturated carbocycles. The molecule has 0 saturated heterocycles. The Morgan fingerprint density at radius 3 is 2.63 bits per heavy atom. The molecule has 1 aromatic carbocycles. The van der Waals surface area contributed by atoms with Gasteiger partial charge in [-0.2, -0.15) is 5.10 Å². The molecule has 2 N–H and O–H groups in total. The normalized spacial score (nSPS) is 11.6. The van der Waals surface area contributed by atoms with Crippen molar-refractivity contribution < 1.29 is 4.79 Å². The van der Waals surface area contributed by atoms with Gasteiger partial charge in [-0.1, -0.05) is 32.0 Å². The van der Waals surface area contributed by atoms with Gasteiger partial charge in [-0.25, -0.2) is 4.99 Å². The minimum Gasteiger partial charge on any atom is -0.357 e. The Bertz CT molecular complexity index is 766. The average Bonchev–Trinajstić information content (AvgIpc) is 3.00. The SMILES string of the molecule is CCNC(=NCC(=O)Nc1ccccc1)N(C)Cc1cn(C)nc1C(C)C. The van der Waals surface area contributed by atoms with Crippen molar-refractivity contribution in [1.29, 1.82) is 0 Å². The van der Waals surface area contributed by atoms with E-state index in [0.717, 1.165) is 23.5 Å². The van der Waals surface area contributed by atoms with Gasteiger partial charge in [0.15, 0.2) is 5.96 Å². The molecule has 7 heteroatoms. The molecular weight excluding hydrogens is 340 g/mol. The Morgan fingerprint density at radius 2 is 2.00 bits per heavy atom. The summed E-state index contributed by atoms with van der Waals surface area (Å²) in [6.07, 6.45) is 2.04. The summed E-state index contributed by atoms with van der Waals surface area (Å²) in [5.41, 5.74) is 3.02. The van der Waals surface area contributed by atoms with E-state index in [-0.39, 0.29) is 12.5 Å². The molecule has 0 aliphatic carbocycles. The van der Waals surface area contributed by atoms with Gasteiger partial charge in [-0.3, -0.25) is 9.48 Å². The third-order valence-corrected chi connectivity index (χ3v) is 4.02. The van der Waals surface area contributed by atoms with Gasteiger partial charge in [0.25, 0.3) is 0 Å². The van der Waals surface area contributed by atoms with Gasteiger partial charge in [0.05, 0.1) is 5.69 Å². The summed E-state index contributed by atoms with van der Waals surface area (Å²) in [5, 5.41) is 10.7. The zero-order valence-corrected chi connectivity index (χ0v) is 16.9. The Balaban J connectivity index is 2.04. The lowest BCUT2D eigenvalue weighted by molar-refractivity contribution is -0.114. The van der Waals surface area contributed by atoms with Crippen LogP contribution < -0.4 is 10.6 Å². The number of hydrogen-bond donors (Lipinski definition) is 2. The highest BCUT2D eigenvalue weighted by molar-refractivity contribution is 5.94. The molecule has 0 unspecified atom stereocenters. The minimum absolute atomic E-state index is 0.0612. The van der Waals surface area contributed by atoms with Gasteiger partial charge in [0, 0.05) is 44.6 Å². The first-order valence-electron chi connectivity index (χ1n) is 9.27. The topological polar surface area (TPSA) is 74.6 Å². The van der Waals surface area contributed by atoms with Crippen LogP contribution >= 0.6 is 0 Å². The first kappa shape index (κ1) is 20.5. The van der Waals surface area contributed by atoms with Crippen LogP contribution in [0.25, 0.3) is 0 Å². The van der Waals surface area contributed by atoms with E-state index in [9.17, 15) is 4.79 Å². The monoisotopic (exact) mass is 370 g/mol. The molecule has 2 rings (SSSR count). The number of carbonyl (C=O) groups excluding carboxylic acids is 1. The Morgan fingerprint density at radius 1 is 1.30 bits per heavy atom. The highest BCUT2D eigenvalue weighted by Gasteiger charge is 2.15. The molecule has 1 aromatic heterocycles. The van der Waals surface area contributed by atoms with Crippen LogP contribution in [0.4, 0.5) is 5.69 Å². The van der Waals surface area contributed by atoms with Crippen molar-refractivity contribution in [3.63, 3.8) is 0 Å². The van der Waals surface area contributed by atoms with E-state index in [1.807, 2.05) is 67.1 Å². The van der Waals surface area contributed by atoms with Crippen molar-refractivity contribution >= 4 is 17.6 Å². The standard InChI is InChI=1S/C20H30N6O/c1-6-21-20(22-12-18(27)23-17-10-8-7-9-11-17)25(4)13-16-14-26(5)24-19(16)15(2)3/h7-11,14-15H,6,12-13H2,1-5H3,(H,21,22)(H,23,27). The fourth-order valence-electron chi connectivity index (χ4n) is 2.83. The Kier molecular flexibility index (Phi) is 7.40. The molecule has 0 fully saturated rings. The van der Waals surface area contributed by atoms with E-state index in [1.165, 1.54) is 0 Å². The number of aliphatic imine (C=N–C) groups is 1. The molecule has 1 amide bonds. The molecule has 0 aliphatic heterocycles. The van der Waals surface area contributed by atoms with Crippen LogP contribution in [0.3, 0.4) is 0 Å². The summed E-state index contributed by atoms with van der Waals surface area (Å²) in [4.78, 5) is 18.7. The number of hydrogen-bond acceptors (Lipinski definition) is 3. The van der Waals surface area contributed by atoms with Gasteiger partial charge in [0.2, 0.25) is 5.91 Å². The van der Waals surface area contributed by atoms with Gasteiger partial charge >= 0.3 is 0 Å². The summed E-state index contributed by atoms with van der Waals surface area (Å²) < 4.78 is 1.84. The molecule has 0 aliphatic rings. The maximum Gasteiger partial charge on any atom is 0.246 e. The quantitative estimate of drug-likeness (QED) is 0.580. The van der Waals surface area contributed by atoms with Crippen molar-refractivity contribution in [3.8, 4) is 0 Å². The van der Waals surface area contributed by atoms with Gasteiger partial charge < -0.3 is 15.5 Å². The average molecular weight is 371 g/mol. The zero-order valence-electron chi connectivity index (χ0n) is 16.9. The molecular formula is C20H30N6O. The molecule has 0 bridgehead atoms. The molecule has 7 nitrogen and oxygen atoms in total. The van der Waals surface area contributed by atoms with Crippen molar-refractivity contribution in [3.05, 3.63) is 47.8 Å². The predicted octanol–water partition coefficient (Wildman–Crippen LogP) is 2.58. The number of rotatable bonds is 7. The number of guanidine groups is 1. The zero-order chi connectivity index (χ0) is 19.8. The summed E-state index contributed by atoms with van der Waals surface area (Å²) in [5.74, 6) is 0.902. The van der Waals surface area contributed by atoms with E-state index < -0.39 is 0 Å². The van der Waals surface area contributed by atoms with Gasteiger partial charge in [0.1, 0.15) is 6.54 Å². The third kappa shape index (κ3) is 6.13. The number of carbonyl (C=O) groups is 1. The van der Waals surface area contributed by atoms with Crippen LogP contribution in [0.2, 0.25) is 0 Å². The van der Waals surface area contributed by atoms with Crippen LogP contribution in [0.1, 0.15) is 37.9 Å². The lowest BCUT2D eigenvalue weighted by Crippen LogP contribution is -2.39. The van der Waals surface area contributed by atoms with Crippen LogP contribution in [-0.4, -0.2) is 46.7 Å². The molecule has 0 radical (unpaired) electrons. The minimum atomic E-state index is -0.144. The molecule has 27 heavy (non-hydrogen) atoms. The number of anilines is 1. The van der Waals surface area contributed by atoms with E-state index in [2.05, 4.69) is 34.6 Å². The predicted molar refractivity (Wildman–Crippen MR) is 110 cm³/mol. The van der Waals surface area contributed by atoms with Crippen molar-refractivity contribution in [2.75, 3.05) is 25.5 Å². The van der Waals surface area contributed by atoms with Crippen molar-refractivity contribution in [2.24, 2.45) is 12.0 Å². The summed E-state index contributed by atoms with van der Waals surface area (Å²) in [6.45, 7) is 7.75. The number of para-hydroxylation sites is 1. The summed E-state index contributed by atoms with van der Waals surface area (Å²) >= 11 is 0. The maximum absolute atomic E-state index is 12.2. The lowest BCUT2D eigenvalue weighted by atomic mass is 10.1. The number of benzene rings is 1. The van der Waals surface area contributed by atoms with E-state index in [0.29, 0.717) is 18.4 Å². The van der Waals surface area contributed by atoms with Crippen LogP contribution in [0, 0.1) is 0 Å². The maximum atomic E-state index is 12.2. The van der Waals surface area contributed by atoms with Crippen LogP contribution in [0.15, 0.2) is 41.5 Å². The highest BCUT2D eigenvalue weighted by Crippen LogP contribution is 2.18. The molecule has 2 aromatic rings. The molecule has 0 atom stereocenters. The summed E-state index contributed by atoms with van der Waals surface area (Å²) in [6, 6.07) is 9.40. The molecule has 146 valence electrons. The van der Waals surface area contributed by atoms with Crippen molar-refractivity contribution in [2.45, 2.75) is 33.2 Å².